The normalized spacial score (nSPS) is 10.1. The van der Waals surface area contributed by atoms with Crippen LogP contribution in [0.2, 0.25) is 0 Å². The highest BCUT2D eigenvalue weighted by Crippen LogP contribution is 2.28. The maximum absolute atomic E-state index is 14.0. The van der Waals surface area contributed by atoms with E-state index in [0.29, 0.717) is 27.9 Å². The van der Waals surface area contributed by atoms with Crippen molar-refractivity contribution in [2.45, 2.75) is 0 Å². The van der Waals surface area contributed by atoms with Gasteiger partial charge in [0.2, 0.25) is 5.95 Å². The fourth-order valence-electron chi connectivity index (χ4n) is 2.13. The van der Waals surface area contributed by atoms with Gasteiger partial charge in [-0.2, -0.15) is 9.65 Å². The lowest BCUT2D eigenvalue weighted by Crippen LogP contribution is -1.93. The fraction of sp³-hybridized carbons (Fsp3) is 0. The SMILES string of the molecule is N#Cc1ccccc1-c1cc(-c2ccccn2)cnc1F. The molecule has 0 saturated carbocycles. The summed E-state index contributed by atoms with van der Waals surface area (Å²) in [5.41, 5.74) is 2.66. The number of hydrogen-bond donors (Lipinski definition) is 0. The quantitative estimate of drug-likeness (QED) is 0.668. The van der Waals surface area contributed by atoms with Crippen molar-refractivity contribution >= 4 is 0 Å². The number of rotatable bonds is 2. The van der Waals surface area contributed by atoms with Crippen molar-refractivity contribution < 1.29 is 4.39 Å². The van der Waals surface area contributed by atoms with Gasteiger partial charge < -0.3 is 0 Å². The molecule has 3 aromatic rings. The Morgan fingerprint density at radius 3 is 2.52 bits per heavy atom. The topological polar surface area (TPSA) is 49.6 Å². The van der Waals surface area contributed by atoms with Gasteiger partial charge in [-0.3, -0.25) is 4.98 Å². The molecule has 0 spiro atoms. The highest BCUT2D eigenvalue weighted by atomic mass is 19.1. The first kappa shape index (κ1) is 12.9. The van der Waals surface area contributed by atoms with E-state index in [1.165, 1.54) is 6.20 Å². The molecule has 0 amide bonds. The van der Waals surface area contributed by atoms with Crippen molar-refractivity contribution in [3.8, 4) is 28.5 Å². The zero-order valence-electron chi connectivity index (χ0n) is 11.0. The number of halogens is 1. The van der Waals surface area contributed by atoms with Crippen LogP contribution in [0.5, 0.6) is 0 Å². The standard InChI is InChI=1S/C17H10FN3/c18-17-15(14-6-2-1-5-12(14)10-19)9-13(11-21-17)16-7-3-4-8-20-16/h1-9,11H. The molecule has 0 aliphatic carbocycles. The van der Waals surface area contributed by atoms with Gasteiger partial charge in [0.15, 0.2) is 0 Å². The van der Waals surface area contributed by atoms with Crippen molar-refractivity contribution in [2.75, 3.05) is 0 Å². The summed E-state index contributed by atoms with van der Waals surface area (Å²) in [6, 6.07) is 16.1. The molecule has 0 bridgehead atoms. The zero-order valence-corrected chi connectivity index (χ0v) is 11.0. The average molecular weight is 275 g/mol. The third-order valence-electron chi connectivity index (χ3n) is 3.14. The van der Waals surface area contributed by atoms with Gasteiger partial charge in [-0.25, -0.2) is 4.98 Å². The fourth-order valence-corrected chi connectivity index (χ4v) is 2.13. The van der Waals surface area contributed by atoms with Crippen molar-refractivity contribution in [1.29, 1.82) is 5.26 Å². The smallest absolute Gasteiger partial charge is 0.220 e. The minimum atomic E-state index is -0.600. The lowest BCUT2D eigenvalue weighted by atomic mass is 10.00. The Morgan fingerprint density at radius 2 is 1.76 bits per heavy atom. The van der Waals surface area contributed by atoms with Crippen LogP contribution in [0.3, 0.4) is 0 Å². The largest absolute Gasteiger partial charge is 0.256 e. The molecule has 2 heterocycles. The summed E-state index contributed by atoms with van der Waals surface area (Å²) in [7, 11) is 0. The molecule has 0 aliphatic heterocycles. The van der Waals surface area contributed by atoms with Crippen LogP contribution in [-0.4, -0.2) is 9.97 Å². The molecule has 3 rings (SSSR count). The van der Waals surface area contributed by atoms with E-state index in [0.717, 1.165) is 0 Å². The van der Waals surface area contributed by atoms with E-state index in [9.17, 15) is 4.39 Å². The first-order chi connectivity index (χ1) is 10.3. The van der Waals surface area contributed by atoms with E-state index in [2.05, 4.69) is 16.0 Å². The van der Waals surface area contributed by atoms with Gasteiger partial charge in [0, 0.05) is 29.1 Å². The molecule has 0 fully saturated rings. The molecular weight excluding hydrogens is 265 g/mol. The Balaban J connectivity index is 2.18. The molecule has 3 nitrogen and oxygen atoms in total. The van der Waals surface area contributed by atoms with Crippen molar-refractivity contribution in [2.24, 2.45) is 0 Å². The summed E-state index contributed by atoms with van der Waals surface area (Å²) in [6.07, 6.45) is 3.11. The maximum atomic E-state index is 14.0. The number of nitrogens with zero attached hydrogens (tertiary/aromatic N) is 3. The highest BCUT2D eigenvalue weighted by molar-refractivity contribution is 5.74. The second-order valence-electron chi connectivity index (χ2n) is 4.43. The van der Waals surface area contributed by atoms with Crippen LogP contribution in [-0.2, 0) is 0 Å². The first-order valence-corrected chi connectivity index (χ1v) is 6.36. The predicted octanol–water partition coefficient (Wildman–Crippen LogP) is 3.82. The van der Waals surface area contributed by atoms with Crippen LogP contribution in [0, 0.1) is 17.3 Å². The molecule has 0 radical (unpaired) electrons. The van der Waals surface area contributed by atoms with Crippen molar-refractivity contribution in [1.82, 2.24) is 9.97 Å². The van der Waals surface area contributed by atoms with Crippen LogP contribution in [0.4, 0.5) is 4.39 Å². The summed E-state index contributed by atoms with van der Waals surface area (Å²) >= 11 is 0. The zero-order chi connectivity index (χ0) is 14.7. The van der Waals surface area contributed by atoms with Gasteiger partial charge >= 0.3 is 0 Å². The van der Waals surface area contributed by atoms with Crippen molar-refractivity contribution in [3.63, 3.8) is 0 Å². The van der Waals surface area contributed by atoms with Gasteiger partial charge in [-0.1, -0.05) is 24.3 Å². The first-order valence-electron chi connectivity index (χ1n) is 6.36. The molecule has 0 N–H and O–H groups in total. The van der Waals surface area contributed by atoms with Gasteiger partial charge in [0.1, 0.15) is 0 Å². The summed E-state index contributed by atoms with van der Waals surface area (Å²) in [5, 5.41) is 9.15. The summed E-state index contributed by atoms with van der Waals surface area (Å²) in [6.45, 7) is 0. The van der Waals surface area contributed by atoms with Crippen LogP contribution < -0.4 is 0 Å². The van der Waals surface area contributed by atoms with Gasteiger partial charge in [0.25, 0.3) is 0 Å². The Morgan fingerprint density at radius 1 is 0.952 bits per heavy atom. The van der Waals surface area contributed by atoms with Crippen molar-refractivity contribution in [3.05, 3.63) is 72.4 Å². The second-order valence-corrected chi connectivity index (χ2v) is 4.43. The Labute approximate surface area is 121 Å². The van der Waals surface area contributed by atoms with E-state index < -0.39 is 5.95 Å². The number of nitriles is 1. The molecule has 0 unspecified atom stereocenters. The molecule has 21 heavy (non-hydrogen) atoms. The Hall–Kier alpha value is -3.06. The molecule has 2 aromatic heterocycles. The van der Waals surface area contributed by atoms with E-state index in [4.69, 9.17) is 5.26 Å². The maximum Gasteiger partial charge on any atom is 0.220 e. The molecule has 100 valence electrons. The summed E-state index contributed by atoms with van der Waals surface area (Å²) in [5.74, 6) is -0.600. The molecule has 0 saturated heterocycles. The predicted molar refractivity (Wildman–Crippen MR) is 77.6 cm³/mol. The minimum Gasteiger partial charge on any atom is -0.256 e. The minimum absolute atomic E-state index is 0.301. The van der Waals surface area contributed by atoms with Crippen LogP contribution in [0.1, 0.15) is 5.56 Å². The van der Waals surface area contributed by atoms with E-state index in [1.807, 2.05) is 18.2 Å². The average Bonchev–Trinajstić information content (AvgIpc) is 2.56. The lowest BCUT2D eigenvalue weighted by Gasteiger charge is -2.07. The highest BCUT2D eigenvalue weighted by Gasteiger charge is 2.12. The summed E-state index contributed by atoms with van der Waals surface area (Å²) in [4.78, 5) is 8.02. The summed E-state index contributed by atoms with van der Waals surface area (Å²) < 4.78 is 14.0. The monoisotopic (exact) mass is 275 g/mol. The molecule has 1 aromatic carbocycles. The molecule has 0 atom stereocenters. The van der Waals surface area contributed by atoms with E-state index >= 15 is 0 Å². The third kappa shape index (κ3) is 2.49. The van der Waals surface area contributed by atoms with Crippen LogP contribution in [0.25, 0.3) is 22.4 Å². The van der Waals surface area contributed by atoms with E-state index in [-0.39, 0.29) is 0 Å². The number of hydrogen-bond acceptors (Lipinski definition) is 3. The Bertz CT molecular complexity index is 823. The number of benzene rings is 1. The molecular formula is C17H10FN3. The van der Waals surface area contributed by atoms with Gasteiger partial charge in [-0.15, -0.1) is 0 Å². The third-order valence-corrected chi connectivity index (χ3v) is 3.14. The van der Waals surface area contributed by atoms with Crippen LogP contribution >= 0.6 is 0 Å². The Kier molecular flexibility index (Phi) is 3.40. The van der Waals surface area contributed by atoms with Crippen LogP contribution in [0.15, 0.2) is 60.9 Å². The molecule has 4 heteroatoms. The van der Waals surface area contributed by atoms with Gasteiger partial charge in [-0.05, 0) is 24.3 Å². The van der Waals surface area contributed by atoms with Gasteiger partial charge in [0.05, 0.1) is 17.3 Å². The molecule has 0 aliphatic rings. The van der Waals surface area contributed by atoms with E-state index in [1.54, 1.807) is 36.5 Å². The number of aromatic nitrogens is 2. The number of pyridine rings is 2. The second kappa shape index (κ2) is 5.51. The lowest BCUT2D eigenvalue weighted by molar-refractivity contribution is 0.588.